The lowest BCUT2D eigenvalue weighted by Crippen LogP contribution is -2.57. The number of ether oxygens (including phenoxy) is 1. The molecule has 8 nitrogen and oxygen atoms in total. The third-order valence-corrected chi connectivity index (χ3v) is 5.03. The molecule has 174 valence electrons. The van der Waals surface area contributed by atoms with Gasteiger partial charge in [0.15, 0.2) is 0 Å². The van der Waals surface area contributed by atoms with Crippen molar-refractivity contribution in [3.63, 3.8) is 0 Å². The van der Waals surface area contributed by atoms with Crippen LogP contribution in [0.15, 0.2) is 54.6 Å². The monoisotopic (exact) mass is 451 g/mol. The number of imide groups is 1. The second kappa shape index (κ2) is 9.44. The summed E-state index contributed by atoms with van der Waals surface area (Å²) in [5.41, 5.74) is 0.422. The highest BCUT2D eigenvalue weighted by atomic mass is 16.6. The fourth-order valence-corrected chi connectivity index (χ4v) is 3.46. The molecule has 1 N–H and O–H groups in total. The average molecular weight is 452 g/mol. The van der Waals surface area contributed by atoms with E-state index in [9.17, 15) is 19.2 Å². The molecule has 1 atom stereocenters. The van der Waals surface area contributed by atoms with Crippen molar-refractivity contribution in [1.29, 1.82) is 0 Å². The number of hydrogen-bond acceptors (Lipinski definition) is 5. The Morgan fingerprint density at radius 3 is 1.94 bits per heavy atom. The number of amides is 4. The zero-order valence-electron chi connectivity index (χ0n) is 19.5. The fourth-order valence-electron chi connectivity index (χ4n) is 3.46. The Kier molecular flexibility index (Phi) is 6.86. The molecule has 2 aromatic carbocycles. The molecular weight excluding hydrogens is 422 g/mol. The van der Waals surface area contributed by atoms with Gasteiger partial charge < -0.3 is 10.1 Å². The molecule has 0 fully saturated rings. The molecule has 0 aliphatic carbocycles. The predicted molar refractivity (Wildman–Crippen MR) is 122 cm³/mol. The van der Waals surface area contributed by atoms with Crippen LogP contribution in [-0.4, -0.2) is 45.5 Å². The summed E-state index contributed by atoms with van der Waals surface area (Å²) in [7, 11) is 0. The van der Waals surface area contributed by atoms with E-state index in [4.69, 9.17) is 4.74 Å². The number of carbonyl (C=O) groups excluding carboxylic acids is 4. The SMILES string of the molecule is CC(C)[C@H](NC(=O)N(Cc1ccccc1)N1C(=O)c2ccccc2C1=O)C(=O)OC(C)(C)C. The third-order valence-electron chi connectivity index (χ3n) is 5.03. The van der Waals surface area contributed by atoms with Gasteiger partial charge in [0, 0.05) is 0 Å². The summed E-state index contributed by atoms with van der Waals surface area (Å²) in [6.07, 6.45) is 0. The van der Waals surface area contributed by atoms with Crippen LogP contribution in [0.2, 0.25) is 0 Å². The van der Waals surface area contributed by atoms with Crippen molar-refractivity contribution < 1.29 is 23.9 Å². The van der Waals surface area contributed by atoms with Crippen molar-refractivity contribution in [2.24, 2.45) is 5.92 Å². The van der Waals surface area contributed by atoms with E-state index in [2.05, 4.69) is 5.32 Å². The lowest BCUT2D eigenvalue weighted by molar-refractivity contribution is -0.158. The van der Waals surface area contributed by atoms with E-state index < -0.39 is 35.5 Å². The fraction of sp³-hybridized carbons (Fsp3) is 0.360. The van der Waals surface area contributed by atoms with E-state index in [1.807, 2.05) is 6.07 Å². The van der Waals surface area contributed by atoms with Gasteiger partial charge in [-0.2, -0.15) is 5.01 Å². The summed E-state index contributed by atoms with van der Waals surface area (Å²) in [6.45, 7) is 8.73. The molecule has 1 heterocycles. The number of fused-ring (bicyclic) bond motifs is 1. The van der Waals surface area contributed by atoms with Gasteiger partial charge in [0.25, 0.3) is 11.8 Å². The molecule has 0 unspecified atom stereocenters. The second-order valence-electron chi connectivity index (χ2n) is 9.22. The van der Waals surface area contributed by atoms with Crippen LogP contribution < -0.4 is 5.32 Å². The Balaban J connectivity index is 1.93. The van der Waals surface area contributed by atoms with Crippen LogP contribution in [0.5, 0.6) is 0 Å². The van der Waals surface area contributed by atoms with Gasteiger partial charge in [0.2, 0.25) is 0 Å². The largest absolute Gasteiger partial charge is 0.458 e. The summed E-state index contributed by atoms with van der Waals surface area (Å²) < 4.78 is 5.46. The van der Waals surface area contributed by atoms with E-state index in [0.29, 0.717) is 5.56 Å². The van der Waals surface area contributed by atoms with Crippen molar-refractivity contribution in [1.82, 2.24) is 15.3 Å². The van der Waals surface area contributed by atoms with Crippen molar-refractivity contribution in [2.45, 2.75) is 52.8 Å². The molecule has 2 aromatic rings. The van der Waals surface area contributed by atoms with Gasteiger partial charge in [-0.05, 0) is 44.4 Å². The molecular formula is C25H29N3O5. The highest BCUT2D eigenvalue weighted by molar-refractivity contribution is 6.21. The smallest absolute Gasteiger partial charge is 0.337 e. The molecule has 0 saturated heterocycles. The van der Waals surface area contributed by atoms with Crippen molar-refractivity contribution in [3.05, 3.63) is 71.3 Å². The topological polar surface area (TPSA) is 96.0 Å². The first kappa shape index (κ1) is 24.0. The summed E-state index contributed by atoms with van der Waals surface area (Å²) >= 11 is 0. The van der Waals surface area contributed by atoms with Crippen molar-refractivity contribution in [2.75, 3.05) is 0 Å². The highest BCUT2D eigenvalue weighted by Gasteiger charge is 2.42. The van der Waals surface area contributed by atoms with Crippen molar-refractivity contribution >= 4 is 23.8 Å². The molecule has 0 radical (unpaired) electrons. The molecule has 1 aliphatic rings. The number of hydrazine groups is 1. The molecule has 4 amide bonds. The van der Waals surface area contributed by atoms with E-state index in [1.165, 1.54) is 0 Å². The third kappa shape index (κ3) is 5.39. The van der Waals surface area contributed by atoms with Gasteiger partial charge in [-0.1, -0.05) is 56.3 Å². The zero-order chi connectivity index (χ0) is 24.3. The zero-order valence-corrected chi connectivity index (χ0v) is 19.5. The lowest BCUT2D eigenvalue weighted by Gasteiger charge is -2.33. The maximum Gasteiger partial charge on any atom is 0.337 e. The minimum atomic E-state index is -0.967. The normalized spacial score (nSPS) is 14.2. The number of benzene rings is 2. The Hall–Kier alpha value is -3.68. The molecule has 0 aromatic heterocycles. The Bertz CT molecular complexity index is 1020. The minimum Gasteiger partial charge on any atom is -0.458 e. The predicted octanol–water partition coefficient (Wildman–Crippen LogP) is 3.78. The number of nitrogens with zero attached hydrogens (tertiary/aromatic N) is 2. The molecule has 1 aliphatic heterocycles. The number of carbonyl (C=O) groups is 4. The van der Waals surface area contributed by atoms with Gasteiger partial charge in [-0.3, -0.25) is 9.59 Å². The molecule has 0 spiro atoms. The van der Waals surface area contributed by atoms with Crippen LogP contribution in [0.4, 0.5) is 4.79 Å². The van der Waals surface area contributed by atoms with E-state index in [-0.39, 0.29) is 23.6 Å². The second-order valence-corrected chi connectivity index (χ2v) is 9.22. The van der Waals surface area contributed by atoms with Crippen LogP contribution in [-0.2, 0) is 16.1 Å². The average Bonchev–Trinajstić information content (AvgIpc) is 3.00. The van der Waals surface area contributed by atoms with E-state index in [0.717, 1.165) is 10.0 Å². The highest BCUT2D eigenvalue weighted by Crippen LogP contribution is 2.25. The van der Waals surface area contributed by atoms with Crippen LogP contribution in [0, 0.1) is 5.92 Å². The van der Waals surface area contributed by atoms with Gasteiger partial charge in [0.1, 0.15) is 11.6 Å². The molecule has 0 bridgehead atoms. The van der Waals surface area contributed by atoms with Gasteiger partial charge in [0.05, 0.1) is 17.7 Å². The minimum absolute atomic E-state index is 0.0444. The number of rotatable bonds is 6. The molecule has 0 saturated carbocycles. The van der Waals surface area contributed by atoms with Gasteiger partial charge in [-0.15, -0.1) is 0 Å². The Morgan fingerprint density at radius 1 is 0.939 bits per heavy atom. The summed E-state index contributed by atoms with van der Waals surface area (Å²) in [5, 5.41) is 4.54. The maximum atomic E-state index is 13.4. The van der Waals surface area contributed by atoms with E-state index >= 15 is 0 Å². The van der Waals surface area contributed by atoms with Crippen LogP contribution >= 0.6 is 0 Å². The number of urea groups is 1. The first-order chi connectivity index (χ1) is 15.5. The quantitative estimate of drug-likeness (QED) is 0.533. The number of hydrogen-bond donors (Lipinski definition) is 1. The summed E-state index contributed by atoms with van der Waals surface area (Å²) in [4.78, 5) is 52.3. The maximum absolute atomic E-state index is 13.4. The number of esters is 1. The van der Waals surface area contributed by atoms with Gasteiger partial charge in [-0.25, -0.2) is 14.6 Å². The van der Waals surface area contributed by atoms with Crippen LogP contribution in [0.25, 0.3) is 0 Å². The Labute approximate surface area is 193 Å². The van der Waals surface area contributed by atoms with Crippen LogP contribution in [0.1, 0.15) is 60.9 Å². The lowest BCUT2D eigenvalue weighted by atomic mass is 10.0. The van der Waals surface area contributed by atoms with Gasteiger partial charge >= 0.3 is 12.0 Å². The first-order valence-corrected chi connectivity index (χ1v) is 10.8. The van der Waals surface area contributed by atoms with Crippen LogP contribution in [0.3, 0.4) is 0 Å². The Morgan fingerprint density at radius 2 is 1.45 bits per heavy atom. The van der Waals surface area contributed by atoms with Crippen molar-refractivity contribution in [3.8, 4) is 0 Å². The molecule has 3 rings (SSSR count). The first-order valence-electron chi connectivity index (χ1n) is 10.8. The summed E-state index contributed by atoms with van der Waals surface area (Å²) in [6, 6.07) is 13.7. The summed E-state index contributed by atoms with van der Waals surface area (Å²) in [5.74, 6) is -2.07. The molecule has 8 heteroatoms. The molecule has 33 heavy (non-hydrogen) atoms. The number of nitrogens with one attached hydrogen (secondary N) is 1. The van der Waals surface area contributed by atoms with E-state index in [1.54, 1.807) is 83.1 Å². The standard InChI is InChI=1S/C25H29N3O5/c1-16(2)20(23(31)33-25(3,4)5)26-24(32)27(15-17-11-7-6-8-12-17)28-21(29)18-13-9-10-14-19(18)22(28)30/h6-14,16,20H,15H2,1-5H3,(H,26,32)/t20-/m0/s1.